The number of nitrogens with one attached hydrogen (secondary N) is 1. The van der Waals surface area contributed by atoms with Crippen LogP contribution in [0.2, 0.25) is 0 Å². The highest BCUT2D eigenvalue weighted by Gasteiger charge is 2.25. The van der Waals surface area contributed by atoms with Crippen LogP contribution in [0.3, 0.4) is 0 Å². The number of aromatic nitrogens is 4. The molecule has 0 unspecified atom stereocenters. The van der Waals surface area contributed by atoms with Crippen molar-refractivity contribution in [3.63, 3.8) is 0 Å². The quantitative estimate of drug-likeness (QED) is 0.887. The fourth-order valence-corrected chi connectivity index (χ4v) is 4.27. The Labute approximate surface area is 135 Å². The van der Waals surface area contributed by atoms with E-state index < -0.39 is 0 Å². The highest BCUT2D eigenvalue weighted by molar-refractivity contribution is 7.99. The van der Waals surface area contributed by atoms with E-state index >= 15 is 0 Å². The van der Waals surface area contributed by atoms with Crippen LogP contribution in [0.1, 0.15) is 44.7 Å². The van der Waals surface area contributed by atoms with E-state index in [4.69, 9.17) is 0 Å². The number of hydrogen-bond donors (Lipinski definition) is 1. The maximum Gasteiger partial charge on any atom is 0.143 e. The van der Waals surface area contributed by atoms with Gasteiger partial charge in [0.1, 0.15) is 6.33 Å². The van der Waals surface area contributed by atoms with Crippen LogP contribution >= 0.6 is 11.8 Å². The van der Waals surface area contributed by atoms with Gasteiger partial charge in [-0.1, -0.05) is 19.1 Å². The van der Waals surface area contributed by atoms with E-state index in [1.165, 1.54) is 30.6 Å². The number of thioether (sulfide) groups is 1. The molecule has 0 amide bonds. The molecular formula is C16H23N5S. The Morgan fingerprint density at radius 2 is 2.14 bits per heavy atom. The van der Waals surface area contributed by atoms with Crippen LogP contribution in [0.5, 0.6) is 0 Å². The molecule has 0 aliphatic heterocycles. The Hall–Kier alpha value is -1.40. The molecular weight excluding hydrogens is 294 g/mol. The predicted molar refractivity (Wildman–Crippen MR) is 90.3 cm³/mol. The Morgan fingerprint density at radius 3 is 2.82 bits per heavy atom. The maximum atomic E-state index is 3.91. The highest BCUT2D eigenvalue weighted by Crippen LogP contribution is 2.31. The van der Waals surface area contributed by atoms with Crippen molar-refractivity contribution in [2.45, 2.75) is 50.4 Å². The summed E-state index contributed by atoms with van der Waals surface area (Å²) in [6, 6.07) is 9.46. The minimum Gasteiger partial charge on any atom is -0.307 e. The van der Waals surface area contributed by atoms with Gasteiger partial charge in [-0.05, 0) is 60.1 Å². The molecule has 1 aromatic carbocycles. The lowest BCUT2D eigenvalue weighted by Crippen LogP contribution is -2.29. The molecule has 1 heterocycles. The average molecular weight is 317 g/mol. The molecule has 1 aliphatic rings. The first kappa shape index (κ1) is 15.5. The lowest BCUT2D eigenvalue weighted by Gasteiger charge is -2.20. The topological polar surface area (TPSA) is 55.6 Å². The monoisotopic (exact) mass is 317 g/mol. The molecule has 1 aromatic heterocycles. The summed E-state index contributed by atoms with van der Waals surface area (Å²) >= 11 is 2.10. The zero-order chi connectivity index (χ0) is 15.4. The van der Waals surface area contributed by atoms with Crippen LogP contribution in [0, 0.1) is 0 Å². The van der Waals surface area contributed by atoms with E-state index in [0.29, 0.717) is 12.1 Å². The Bertz CT molecular complexity index is 569. The fourth-order valence-electron chi connectivity index (χ4n) is 3.12. The zero-order valence-corrected chi connectivity index (χ0v) is 14.0. The number of hydrogen-bond acceptors (Lipinski definition) is 5. The van der Waals surface area contributed by atoms with Crippen LogP contribution in [0.15, 0.2) is 30.6 Å². The van der Waals surface area contributed by atoms with Gasteiger partial charge in [0.05, 0.1) is 5.69 Å². The lowest BCUT2D eigenvalue weighted by atomic mass is 10.1. The molecule has 0 saturated heterocycles. The van der Waals surface area contributed by atoms with Gasteiger partial charge >= 0.3 is 0 Å². The number of tetrazole rings is 1. The molecule has 0 bridgehead atoms. The first-order chi connectivity index (χ1) is 10.8. The molecule has 1 saturated carbocycles. The summed E-state index contributed by atoms with van der Waals surface area (Å²) in [7, 11) is 0. The van der Waals surface area contributed by atoms with Gasteiger partial charge < -0.3 is 5.32 Å². The van der Waals surface area contributed by atoms with Crippen molar-refractivity contribution in [3.8, 4) is 5.69 Å². The van der Waals surface area contributed by atoms with Gasteiger partial charge in [0.15, 0.2) is 0 Å². The summed E-state index contributed by atoms with van der Waals surface area (Å²) in [6.07, 6.45) is 5.55. The second-order valence-corrected chi connectivity index (χ2v) is 7.40. The number of benzene rings is 1. The minimum atomic E-state index is 0.373. The third kappa shape index (κ3) is 3.67. The SMILES string of the molecule is CCS[C@@H]1CC[C@H](N[C@H](C)c2ccc(-n3cnnn3)cc2)C1. The average Bonchev–Trinajstić information content (AvgIpc) is 3.20. The van der Waals surface area contributed by atoms with Gasteiger partial charge in [-0.3, -0.25) is 0 Å². The van der Waals surface area contributed by atoms with Crippen LogP contribution in [0.25, 0.3) is 5.69 Å². The highest BCUT2D eigenvalue weighted by atomic mass is 32.2. The van der Waals surface area contributed by atoms with Crippen LogP contribution in [-0.4, -0.2) is 37.3 Å². The van der Waals surface area contributed by atoms with Crippen molar-refractivity contribution in [3.05, 3.63) is 36.2 Å². The largest absolute Gasteiger partial charge is 0.307 e. The molecule has 3 atom stereocenters. The molecule has 22 heavy (non-hydrogen) atoms. The molecule has 1 aliphatic carbocycles. The molecule has 6 heteroatoms. The summed E-state index contributed by atoms with van der Waals surface area (Å²) in [4.78, 5) is 0. The molecule has 1 N–H and O–H groups in total. The smallest absolute Gasteiger partial charge is 0.143 e. The van der Waals surface area contributed by atoms with E-state index in [1.807, 2.05) is 0 Å². The Kier molecular flexibility index (Phi) is 5.10. The van der Waals surface area contributed by atoms with Crippen molar-refractivity contribution >= 4 is 11.8 Å². The normalized spacial score (nSPS) is 22.8. The summed E-state index contributed by atoms with van der Waals surface area (Å²) in [5.41, 5.74) is 2.30. The maximum absolute atomic E-state index is 3.91. The van der Waals surface area contributed by atoms with Crippen LogP contribution in [0.4, 0.5) is 0 Å². The van der Waals surface area contributed by atoms with Crippen molar-refractivity contribution in [2.24, 2.45) is 0 Å². The van der Waals surface area contributed by atoms with Gasteiger partial charge in [0, 0.05) is 17.3 Å². The Morgan fingerprint density at radius 1 is 1.32 bits per heavy atom. The van der Waals surface area contributed by atoms with Gasteiger partial charge in [0.2, 0.25) is 0 Å². The third-order valence-electron chi connectivity index (χ3n) is 4.28. The lowest BCUT2D eigenvalue weighted by molar-refractivity contribution is 0.462. The minimum absolute atomic E-state index is 0.373. The molecule has 118 valence electrons. The van der Waals surface area contributed by atoms with Crippen molar-refractivity contribution in [2.75, 3.05) is 5.75 Å². The molecule has 1 fully saturated rings. The number of rotatable bonds is 6. The van der Waals surface area contributed by atoms with Gasteiger partial charge in [-0.2, -0.15) is 11.8 Å². The second kappa shape index (κ2) is 7.24. The summed E-state index contributed by atoms with van der Waals surface area (Å²) in [6.45, 7) is 4.49. The zero-order valence-electron chi connectivity index (χ0n) is 13.1. The summed E-state index contributed by atoms with van der Waals surface area (Å²) < 4.78 is 1.67. The first-order valence-corrected chi connectivity index (χ1v) is 9.02. The van der Waals surface area contributed by atoms with Crippen molar-refractivity contribution < 1.29 is 0 Å². The van der Waals surface area contributed by atoms with Crippen LogP contribution < -0.4 is 5.32 Å². The van der Waals surface area contributed by atoms with Gasteiger partial charge in [-0.25, -0.2) is 4.68 Å². The third-order valence-corrected chi connectivity index (χ3v) is 5.51. The van der Waals surface area contributed by atoms with E-state index in [2.05, 4.69) is 70.7 Å². The van der Waals surface area contributed by atoms with E-state index in [1.54, 1.807) is 11.0 Å². The molecule has 3 rings (SSSR count). The molecule has 2 aromatic rings. The van der Waals surface area contributed by atoms with Crippen LogP contribution in [-0.2, 0) is 0 Å². The van der Waals surface area contributed by atoms with E-state index in [-0.39, 0.29) is 0 Å². The fraction of sp³-hybridized carbons (Fsp3) is 0.562. The van der Waals surface area contributed by atoms with E-state index in [0.717, 1.165) is 10.9 Å². The predicted octanol–water partition coefficient (Wildman–Crippen LogP) is 2.99. The number of nitrogens with zero attached hydrogens (tertiary/aromatic N) is 4. The van der Waals surface area contributed by atoms with Crippen molar-refractivity contribution in [1.82, 2.24) is 25.5 Å². The summed E-state index contributed by atoms with van der Waals surface area (Å²) in [5, 5.41) is 15.9. The van der Waals surface area contributed by atoms with E-state index in [9.17, 15) is 0 Å². The first-order valence-electron chi connectivity index (χ1n) is 7.97. The Balaban J connectivity index is 1.57. The molecule has 0 spiro atoms. The van der Waals surface area contributed by atoms with Crippen molar-refractivity contribution in [1.29, 1.82) is 0 Å². The second-order valence-electron chi connectivity index (χ2n) is 5.82. The molecule has 5 nitrogen and oxygen atoms in total. The summed E-state index contributed by atoms with van der Waals surface area (Å²) in [5.74, 6) is 1.23. The van der Waals surface area contributed by atoms with Gasteiger partial charge in [-0.15, -0.1) is 5.10 Å². The molecule has 0 radical (unpaired) electrons. The standard InChI is InChI=1S/C16H23N5S/c1-3-22-16-9-6-14(10-16)18-12(2)13-4-7-15(8-5-13)21-11-17-19-20-21/h4-5,7-8,11-12,14,16,18H,3,6,9-10H2,1-2H3/t12-,14+,16-/m1/s1. The van der Waals surface area contributed by atoms with Gasteiger partial charge in [0.25, 0.3) is 0 Å².